The number of hydrogen-bond donors (Lipinski definition) is 0. The molecule has 3 aromatic rings. The highest BCUT2D eigenvalue weighted by Gasteiger charge is 2.26. The predicted molar refractivity (Wildman–Crippen MR) is 115 cm³/mol. The van der Waals surface area contributed by atoms with E-state index in [1.165, 1.54) is 24.8 Å². The van der Waals surface area contributed by atoms with Crippen LogP contribution in [-0.2, 0) is 13.1 Å². The number of methoxy groups -OCH3 is 2. The van der Waals surface area contributed by atoms with Crippen molar-refractivity contribution in [3.63, 3.8) is 0 Å². The van der Waals surface area contributed by atoms with Crippen LogP contribution in [0.4, 0.5) is 0 Å². The first-order valence-corrected chi connectivity index (χ1v) is 10.7. The minimum absolute atomic E-state index is 0.245. The first-order chi connectivity index (χ1) is 14.7. The molecule has 0 amide bonds. The quantitative estimate of drug-likeness (QED) is 0.563. The number of benzene rings is 1. The molecule has 1 aliphatic heterocycles. The average Bonchev–Trinajstić information content (AvgIpc) is 3.39. The molecule has 0 radical (unpaired) electrons. The van der Waals surface area contributed by atoms with Crippen molar-refractivity contribution < 1.29 is 14.0 Å². The first-order valence-electron chi connectivity index (χ1n) is 10.7. The molecular weight excluding hydrogens is 380 g/mol. The van der Waals surface area contributed by atoms with Crippen LogP contribution in [0.15, 0.2) is 41.2 Å². The van der Waals surface area contributed by atoms with Crippen molar-refractivity contribution in [2.75, 3.05) is 20.8 Å². The summed E-state index contributed by atoms with van der Waals surface area (Å²) in [4.78, 5) is 2.51. The van der Waals surface area contributed by atoms with E-state index in [0.717, 1.165) is 43.1 Å². The molecule has 1 aromatic carbocycles. The fraction of sp³-hybridized carbons (Fsp3) is 0.478. The molecule has 7 heteroatoms. The van der Waals surface area contributed by atoms with Gasteiger partial charge in [0, 0.05) is 36.5 Å². The molecule has 4 rings (SSSR count). The number of ether oxygens (including phenoxy) is 2. The van der Waals surface area contributed by atoms with Gasteiger partial charge in [-0.25, -0.2) is 0 Å². The average molecular weight is 411 g/mol. The van der Waals surface area contributed by atoms with Gasteiger partial charge in [0.2, 0.25) is 0 Å². The molecule has 0 unspecified atom stereocenters. The van der Waals surface area contributed by atoms with Gasteiger partial charge >= 0.3 is 0 Å². The van der Waals surface area contributed by atoms with Crippen LogP contribution >= 0.6 is 0 Å². The topological polar surface area (TPSA) is 65.5 Å². The predicted octanol–water partition coefficient (Wildman–Crippen LogP) is 4.69. The number of nitrogens with zero attached hydrogens (tertiary/aromatic N) is 4. The third-order valence-corrected chi connectivity index (χ3v) is 5.80. The van der Waals surface area contributed by atoms with Gasteiger partial charge in [-0.1, -0.05) is 18.0 Å². The molecule has 7 nitrogen and oxygen atoms in total. The van der Waals surface area contributed by atoms with E-state index in [4.69, 9.17) is 14.0 Å². The molecule has 1 saturated heterocycles. The molecule has 0 spiro atoms. The summed E-state index contributed by atoms with van der Waals surface area (Å²) >= 11 is 0. The second-order valence-corrected chi connectivity index (χ2v) is 7.73. The minimum Gasteiger partial charge on any atom is -0.493 e. The summed E-state index contributed by atoms with van der Waals surface area (Å²) in [5, 5.41) is 8.89. The van der Waals surface area contributed by atoms with Crippen molar-refractivity contribution in [3.05, 3.63) is 47.9 Å². The highest BCUT2D eigenvalue weighted by atomic mass is 16.5. The zero-order valence-electron chi connectivity index (χ0n) is 18.0. The smallest absolute Gasteiger partial charge is 0.167 e. The van der Waals surface area contributed by atoms with E-state index in [-0.39, 0.29) is 6.04 Å². The highest BCUT2D eigenvalue weighted by molar-refractivity contribution is 5.62. The lowest BCUT2D eigenvalue weighted by molar-refractivity contribution is 0.184. The molecule has 2 aromatic heterocycles. The van der Waals surface area contributed by atoms with Gasteiger partial charge in [-0.3, -0.25) is 9.58 Å². The van der Waals surface area contributed by atoms with E-state index in [1.54, 1.807) is 14.2 Å². The van der Waals surface area contributed by atoms with Crippen molar-refractivity contribution in [2.24, 2.45) is 0 Å². The van der Waals surface area contributed by atoms with Gasteiger partial charge in [-0.15, -0.1) is 0 Å². The molecule has 3 heterocycles. The number of likely N-dealkylation sites (tertiary alicyclic amines) is 1. The lowest BCUT2D eigenvalue weighted by atomic mass is 10.0. The Labute approximate surface area is 177 Å². The second-order valence-electron chi connectivity index (χ2n) is 7.73. The Balaban J connectivity index is 1.57. The third kappa shape index (κ3) is 4.36. The Bertz CT molecular complexity index is 965. The van der Waals surface area contributed by atoms with Crippen LogP contribution in [0, 0.1) is 0 Å². The summed E-state index contributed by atoms with van der Waals surface area (Å²) < 4.78 is 18.5. The largest absolute Gasteiger partial charge is 0.493 e. The van der Waals surface area contributed by atoms with Gasteiger partial charge in [0.1, 0.15) is 5.69 Å². The van der Waals surface area contributed by atoms with Crippen molar-refractivity contribution in [1.29, 1.82) is 0 Å². The SMILES string of the molecule is CCn1cc(CN2CCCCC[C@H]2c2cc(-c3ccc(OC)c(OC)c3)on2)cn1. The van der Waals surface area contributed by atoms with E-state index in [9.17, 15) is 0 Å². The number of aromatic nitrogens is 3. The molecular formula is C23H30N4O3. The normalized spacial score (nSPS) is 17.6. The van der Waals surface area contributed by atoms with Crippen LogP contribution < -0.4 is 9.47 Å². The summed E-state index contributed by atoms with van der Waals surface area (Å²) in [6.07, 6.45) is 8.86. The maximum Gasteiger partial charge on any atom is 0.167 e. The summed E-state index contributed by atoms with van der Waals surface area (Å²) in [5.74, 6) is 2.12. The Morgan fingerprint density at radius 2 is 1.97 bits per heavy atom. The molecule has 0 saturated carbocycles. The molecule has 0 bridgehead atoms. The summed E-state index contributed by atoms with van der Waals surface area (Å²) in [6, 6.07) is 8.09. The summed E-state index contributed by atoms with van der Waals surface area (Å²) in [7, 11) is 3.27. The second kappa shape index (κ2) is 9.34. The molecule has 1 atom stereocenters. The van der Waals surface area contributed by atoms with Crippen LogP contribution in [0.3, 0.4) is 0 Å². The lowest BCUT2D eigenvalue weighted by Crippen LogP contribution is -2.28. The zero-order chi connectivity index (χ0) is 20.9. The van der Waals surface area contributed by atoms with E-state index < -0.39 is 0 Å². The summed E-state index contributed by atoms with van der Waals surface area (Å²) in [5.41, 5.74) is 3.16. The Morgan fingerprint density at radius 3 is 2.73 bits per heavy atom. The van der Waals surface area contributed by atoms with Crippen LogP contribution in [0.2, 0.25) is 0 Å². The van der Waals surface area contributed by atoms with E-state index >= 15 is 0 Å². The van der Waals surface area contributed by atoms with Gasteiger partial charge < -0.3 is 14.0 Å². The minimum atomic E-state index is 0.245. The number of aryl methyl sites for hydroxylation is 1. The fourth-order valence-corrected chi connectivity index (χ4v) is 4.16. The van der Waals surface area contributed by atoms with Gasteiger partial charge in [-0.2, -0.15) is 5.10 Å². The fourth-order valence-electron chi connectivity index (χ4n) is 4.16. The van der Waals surface area contributed by atoms with Crippen LogP contribution in [0.25, 0.3) is 11.3 Å². The van der Waals surface area contributed by atoms with E-state index in [0.29, 0.717) is 11.5 Å². The molecule has 30 heavy (non-hydrogen) atoms. The number of hydrogen-bond acceptors (Lipinski definition) is 6. The Hall–Kier alpha value is -2.80. The summed E-state index contributed by atoms with van der Waals surface area (Å²) in [6.45, 7) is 4.93. The number of rotatable bonds is 7. The van der Waals surface area contributed by atoms with Gasteiger partial charge in [0.15, 0.2) is 17.3 Å². The molecule has 0 N–H and O–H groups in total. The Kier molecular flexibility index (Phi) is 6.38. The van der Waals surface area contributed by atoms with Crippen molar-refractivity contribution in [1.82, 2.24) is 19.8 Å². The van der Waals surface area contributed by atoms with E-state index in [1.807, 2.05) is 29.1 Å². The van der Waals surface area contributed by atoms with Crippen LogP contribution in [0.5, 0.6) is 11.5 Å². The standard InChI is InChI=1S/C23H30N4O3/c1-4-27-16-17(14-24-27)15-26-11-7-5-6-8-20(26)19-13-22(30-25-19)18-9-10-21(28-2)23(12-18)29-3/h9-10,12-14,16,20H,4-8,11,15H2,1-3H3/t20-/m0/s1. The molecule has 160 valence electrons. The van der Waals surface area contributed by atoms with Crippen molar-refractivity contribution >= 4 is 0 Å². The van der Waals surface area contributed by atoms with Crippen molar-refractivity contribution in [3.8, 4) is 22.8 Å². The van der Waals surface area contributed by atoms with Gasteiger partial charge in [0.25, 0.3) is 0 Å². The zero-order valence-corrected chi connectivity index (χ0v) is 18.0. The van der Waals surface area contributed by atoms with Gasteiger partial charge in [-0.05, 0) is 44.5 Å². The molecule has 1 aliphatic rings. The van der Waals surface area contributed by atoms with Crippen LogP contribution in [0.1, 0.15) is 49.9 Å². The van der Waals surface area contributed by atoms with Crippen molar-refractivity contribution in [2.45, 2.75) is 51.7 Å². The highest BCUT2D eigenvalue weighted by Crippen LogP contribution is 2.36. The lowest BCUT2D eigenvalue weighted by Gasteiger charge is -2.27. The molecule has 0 aliphatic carbocycles. The molecule has 1 fully saturated rings. The first kappa shape index (κ1) is 20.5. The Morgan fingerprint density at radius 1 is 1.10 bits per heavy atom. The maximum absolute atomic E-state index is 5.75. The van der Waals surface area contributed by atoms with Crippen LogP contribution in [-0.4, -0.2) is 40.6 Å². The maximum atomic E-state index is 5.75. The van der Waals surface area contributed by atoms with E-state index in [2.05, 4.69) is 34.3 Å². The van der Waals surface area contributed by atoms with Gasteiger partial charge in [0.05, 0.1) is 26.5 Å². The monoisotopic (exact) mass is 410 g/mol. The third-order valence-electron chi connectivity index (χ3n) is 5.80.